The van der Waals surface area contributed by atoms with Crippen LogP contribution < -0.4 is 0 Å². The van der Waals surface area contributed by atoms with Gasteiger partial charge in [0.15, 0.2) is 0 Å². The van der Waals surface area contributed by atoms with Crippen LogP contribution >= 0.6 is 0 Å². The van der Waals surface area contributed by atoms with Crippen molar-refractivity contribution in [3.05, 3.63) is 95.1 Å². The second kappa shape index (κ2) is 5.59. The molecule has 1 aliphatic rings. The minimum Gasteiger partial charge on any atom is -0.376 e. The smallest absolute Gasteiger partial charge is 0.142 e. The second-order valence-corrected chi connectivity index (χ2v) is 6.70. The highest BCUT2D eigenvalue weighted by molar-refractivity contribution is 5.82. The molecule has 0 amide bonds. The molecular formula is C22H21NO. The average molecular weight is 315 g/mol. The maximum absolute atomic E-state index is 11.9. The van der Waals surface area contributed by atoms with Crippen LogP contribution in [0.2, 0.25) is 0 Å². The van der Waals surface area contributed by atoms with Crippen LogP contribution in [0.4, 0.5) is 0 Å². The van der Waals surface area contributed by atoms with Gasteiger partial charge in [0, 0.05) is 17.7 Å². The first-order valence-corrected chi connectivity index (χ1v) is 8.27. The molecule has 0 saturated heterocycles. The lowest BCUT2D eigenvalue weighted by Gasteiger charge is -2.29. The first-order chi connectivity index (χ1) is 11.6. The number of aliphatic hydroxyl groups is 1. The van der Waals surface area contributed by atoms with E-state index in [0.29, 0.717) is 0 Å². The molecular weight excluding hydrogens is 294 g/mol. The van der Waals surface area contributed by atoms with Crippen LogP contribution in [0.15, 0.2) is 72.8 Å². The summed E-state index contributed by atoms with van der Waals surface area (Å²) < 4.78 is 0. The Balaban J connectivity index is 2.02. The molecule has 0 fully saturated rings. The molecule has 0 saturated carbocycles. The van der Waals surface area contributed by atoms with Crippen molar-refractivity contribution in [1.82, 2.24) is 4.90 Å². The van der Waals surface area contributed by atoms with E-state index in [1.165, 1.54) is 0 Å². The third kappa shape index (κ3) is 2.11. The lowest BCUT2D eigenvalue weighted by molar-refractivity contribution is 0.129. The number of rotatable bonds is 3. The zero-order chi connectivity index (χ0) is 16.7. The first-order valence-electron chi connectivity index (χ1n) is 8.27. The SMILES string of the molecule is CN(C)Cc1ccccc1C1(O)c2ccccc2-c2ccccc21. The lowest BCUT2D eigenvalue weighted by atomic mass is 9.81. The maximum atomic E-state index is 11.9. The molecule has 4 rings (SSSR count). The zero-order valence-corrected chi connectivity index (χ0v) is 14.0. The van der Waals surface area contributed by atoms with E-state index in [0.717, 1.165) is 39.9 Å². The minimum atomic E-state index is -1.10. The summed E-state index contributed by atoms with van der Waals surface area (Å²) in [6.07, 6.45) is 0. The van der Waals surface area contributed by atoms with Crippen molar-refractivity contribution in [2.75, 3.05) is 14.1 Å². The Morgan fingerprint density at radius 2 is 1.17 bits per heavy atom. The molecule has 0 aliphatic heterocycles. The fraction of sp³-hybridized carbons (Fsp3) is 0.182. The summed E-state index contributed by atoms with van der Waals surface area (Å²) in [6.45, 7) is 0.794. The van der Waals surface area contributed by atoms with Crippen molar-refractivity contribution >= 4 is 0 Å². The van der Waals surface area contributed by atoms with E-state index < -0.39 is 5.60 Å². The van der Waals surface area contributed by atoms with E-state index in [9.17, 15) is 5.11 Å². The van der Waals surface area contributed by atoms with E-state index >= 15 is 0 Å². The second-order valence-electron chi connectivity index (χ2n) is 6.70. The molecule has 3 aromatic rings. The Kier molecular flexibility index (Phi) is 3.52. The van der Waals surface area contributed by atoms with Gasteiger partial charge in [-0.25, -0.2) is 0 Å². The van der Waals surface area contributed by atoms with E-state index in [4.69, 9.17) is 0 Å². The van der Waals surface area contributed by atoms with Crippen LogP contribution in [-0.4, -0.2) is 24.1 Å². The Bertz CT molecular complexity index is 852. The molecule has 3 aromatic carbocycles. The summed E-state index contributed by atoms with van der Waals surface area (Å²) in [4.78, 5) is 2.13. The van der Waals surface area contributed by atoms with E-state index in [-0.39, 0.29) is 0 Å². The normalized spacial score (nSPS) is 14.5. The molecule has 0 unspecified atom stereocenters. The average Bonchev–Trinajstić information content (AvgIpc) is 2.86. The monoisotopic (exact) mass is 315 g/mol. The summed E-state index contributed by atoms with van der Waals surface area (Å²) in [6, 6.07) is 24.6. The van der Waals surface area contributed by atoms with Gasteiger partial charge in [-0.05, 0) is 36.3 Å². The summed E-state index contributed by atoms with van der Waals surface area (Å²) >= 11 is 0. The Hall–Kier alpha value is -2.42. The highest BCUT2D eigenvalue weighted by Gasteiger charge is 2.43. The zero-order valence-electron chi connectivity index (χ0n) is 14.0. The van der Waals surface area contributed by atoms with Crippen molar-refractivity contribution in [1.29, 1.82) is 0 Å². The topological polar surface area (TPSA) is 23.5 Å². The summed E-state index contributed by atoms with van der Waals surface area (Å²) in [5.74, 6) is 0. The molecule has 0 aromatic heterocycles. The van der Waals surface area contributed by atoms with E-state index in [2.05, 4.69) is 43.3 Å². The Morgan fingerprint density at radius 1 is 0.708 bits per heavy atom. The van der Waals surface area contributed by atoms with Gasteiger partial charge in [0.1, 0.15) is 5.60 Å². The van der Waals surface area contributed by atoms with E-state index in [1.807, 2.05) is 48.5 Å². The van der Waals surface area contributed by atoms with Gasteiger partial charge in [-0.2, -0.15) is 0 Å². The third-order valence-electron chi connectivity index (χ3n) is 4.82. The molecule has 0 heterocycles. The maximum Gasteiger partial charge on any atom is 0.142 e. The standard InChI is InChI=1S/C22H21NO/c1-23(2)15-16-9-3-6-12-19(16)22(24)20-13-7-4-10-17(20)18-11-5-8-14-21(18)22/h3-14,24H,15H2,1-2H3. The van der Waals surface area contributed by atoms with Crippen molar-refractivity contribution < 1.29 is 5.11 Å². The van der Waals surface area contributed by atoms with Crippen molar-refractivity contribution in [2.45, 2.75) is 12.1 Å². The fourth-order valence-corrected chi connectivity index (χ4v) is 3.85. The molecule has 0 bridgehead atoms. The van der Waals surface area contributed by atoms with Gasteiger partial charge in [0.25, 0.3) is 0 Å². The van der Waals surface area contributed by atoms with Crippen molar-refractivity contribution in [2.24, 2.45) is 0 Å². The number of hydrogen-bond acceptors (Lipinski definition) is 2. The Labute approximate surface area is 143 Å². The predicted molar refractivity (Wildman–Crippen MR) is 97.8 cm³/mol. The number of benzene rings is 3. The van der Waals surface area contributed by atoms with Crippen LogP contribution in [0.1, 0.15) is 22.3 Å². The number of hydrogen-bond donors (Lipinski definition) is 1. The van der Waals surface area contributed by atoms with Gasteiger partial charge < -0.3 is 10.0 Å². The van der Waals surface area contributed by atoms with Gasteiger partial charge in [-0.15, -0.1) is 0 Å². The van der Waals surface area contributed by atoms with Gasteiger partial charge in [-0.1, -0.05) is 72.8 Å². The Morgan fingerprint density at radius 3 is 1.71 bits per heavy atom. The van der Waals surface area contributed by atoms with Gasteiger partial charge in [0.05, 0.1) is 0 Å². The molecule has 1 aliphatic carbocycles. The molecule has 24 heavy (non-hydrogen) atoms. The van der Waals surface area contributed by atoms with Crippen LogP contribution in [0, 0.1) is 0 Å². The molecule has 0 radical (unpaired) electrons. The quantitative estimate of drug-likeness (QED) is 0.789. The summed E-state index contributed by atoms with van der Waals surface area (Å²) in [7, 11) is 4.11. The molecule has 1 N–H and O–H groups in total. The van der Waals surface area contributed by atoms with Gasteiger partial charge >= 0.3 is 0 Å². The molecule has 0 spiro atoms. The third-order valence-corrected chi connectivity index (χ3v) is 4.82. The lowest BCUT2D eigenvalue weighted by Crippen LogP contribution is -2.28. The largest absolute Gasteiger partial charge is 0.376 e. The number of fused-ring (bicyclic) bond motifs is 3. The van der Waals surface area contributed by atoms with Crippen molar-refractivity contribution in [3.63, 3.8) is 0 Å². The number of nitrogens with zero attached hydrogens (tertiary/aromatic N) is 1. The highest BCUT2D eigenvalue weighted by atomic mass is 16.3. The van der Waals surface area contributed by atoms with Crippen LogP contribution in [-0.2, 0) is 12.1 Å². The van der Waals surface area contributed by atoms with Gasteiger partial charge in [-0.3, -0.25) is 0 Å². The van der Waals surface area contributed by atoms with E-state index in [1.54, 1.807) is 0 Å². The van der Waals surface area contributed by atoms with Crippen LogP contribution in [0.5, 0.6) is 0 Å². The summed E-state index contributed by atoms with van der Waals surface area (Å²) in [5, 5.41) is 11.9. The molecule has 120 valence electrons. The minimum absolute atomic E-state index is 0.794. The molecule has 2 nitrogen and oxygen atoms in total. The van der Waals surface area contributed by atoms with Gasteiger partial charge in [0.2, 0.25) is 0 Å². The van der Waals surface area contributed by atoms with Crippen LogP contribution in [0.3, 0.4) is 0 Å². The summed E-state index contributed by atoms with van der Waals surface area (Å²) in [5.41, 5.74) is 5.20. The predicted octanol–water partition coefficient (Wildman–Crippen LogP) is 4.01. The first kappa shape index (κ1) is 15.1. The fourth-order valence-electron chi connectivity index (χ4n) is 3.85. The molecule has 2 heteroatoms. The van der Waals surface area contributed by atoms with Crippen molar-refractivity contribution in [3.8, 4) is 11.1 Å². The highest BCUT2D eigenvalue weighted by Crippen LogP contribution is 2.51. The van der Waals surface area contributed by atoms with Crippen LogP contribution in [0.25, 0.3) is 11.1 Å². The molecule has 0 atom stereocenters.